The third kappa shape index (κ3) is 5.36. The van der Waals surface area contributed by atoms with Crippen molar-refractivity contribution in [3.8, 4) is 0 Å². The monoisotopic (exact) mass is 255 g/mol. The van der Waals surface area contributed by atoms with Crippen molar-refractivity contribution in [1.29, 1.82) is 0 Å². The second-order valence-corrected chi connectivity index (χ2v) is 6.75. The standard InChI is InChI=1S/C14H29N3O/c1-14(2,3)12(15)8-13(18)16-9-11-6-5-7-17(4)10-11/h11-12H,5-10,15H2,1-4H3,(H,16,18). The van der Waals surface area contributed by atoms with Gasteiger partial charge in [-0.05, 0) is 37.8 Å². The minimum absolute atomic E-state index is 0.0115. The number of nitrogens with two attached hydrogens (primary N) is 1. The van der Waals surface area contributed by atoms with Crippen LogP contribution in [0.2, 0.25) is 0 Å². The van der Waals surface area contributed by atoms with Crippen LogP contribution in [0.5, 0.6) is 0 Å². The average molecular weight is 255 g/mol. The number of hydrogen-bond acceptors (Lipinski definition) is 3. The van der Waals surface area contributed by atoms with Gasteiger partial charge in [0.2, 0.25) is 5.91 Å². The summed E-state index contributed by atoms with van der Waals surface area (Å²) >= 11 is 0. The molecular formula is C14H29N3O. The molecule has 1 heterocycles. The Kier molecular flexibility index (Phi) is 5.60. The molecule has 18 heavy (non-hydrogen) atoms. The van der Waals surface area contributed by atoms with E-state index in [0.29, 0.717) is 12.3 Å². The Balaban J connectivity index is 2.24. The van der Waals surface area contributed by atoms with Crippen LogP contribution in [0.1, 0.15) is 40.0 Å². The Bertz CT molecular complexity index is 273. The van der Waals surface area contributed by atoms with Crippen LogP contribution in [0, 0.1) is 11.3 Å². The number of amides is 1. The molecule has 0 spiro atoms. The van der Waals surface area contributed by atoms with Crippen molar-refractivity contribution in [2.24, 2.45) is 17.1 Å². The Morgan fingerprint density at radius 2 is 2.17 bits per heavy atom. The summed E-state index contributed by atoms with van der Waals surface area (Å²) < 4.78 is 0. The maximum Gasteiger partial charge on any atom is 0.221 e. The van der Waals surface area contributed by atoms with Gasteiger partial charge in [-0.2, -0.15) is 0 Å². The quantitative estimate of drug-likeness (QED) is 0.794. The number of hydrogen-bond donors (Lipinski definition) is 2. The summed E-state index contributed by atoms with van der Waals surface area (Å²) in [6.07, 6.45) is 2.88. The van der Waals surface area contributed by atoms with Crippen LogP contribution in [0.25, 0.3) is 0 Å². The zero-order chi connectivity index (χ0) is 13.8. The van der Waals surface area contributed by atoms with E-state index in [2.05, 4.69) is 38.0 Å². The number of nitrogens with zero attached hydrogens (tertiary/aromatic N) is 1. The molecule has 1 saturated heterocycles. The van der Waals surface area contributed by atoms with Gasteiger partial charge in [0.1, 0.15) is 0 Å². The molecule has 0 aromatic carbocycles. The molecule has 0 saturated carbocycles. The lowest BCUT2D eigenvalue weighted by molar-refractivity contribution is -0.122. The van der Waals surface area contributed by atoms with E-state index in [-0.39, 0.29) is 17.4 Å². The number of rotatable bonds is 4. The van der Waals surface area contributed by atoms with Crippen LogP contribution in [0.4, 0.5) is 0 Å². The average Bonchev–Trinajstić information content (AvgIpc) is 2.25. The van der Waals surface area contributed by atoms with Gasteiger partial charge in [0.25, 0.3) is 0 Å². The normalized spacial score (nSPS) is 23.7. The van der Waals surface area contributed by atoms with Gasteiger partial charge in [0.05, 0.1) is 0 Å². The lowest BCUT2D eigenvalue weighted by Crippen LogP contribution is -2.43. The van der Waals surface area contributed by atoms with Gasteiger partial charge >= 0.3 is 0 Å². The molecule has 4 heteroatoms. The fraction of sp³-hybridized carbons (Fsp3) is 0.929. The third-order valence-corrected chi connectivity index (χ3v) is 3.83. The van der Waals surface area contributed by atoms with Crippen molar-refractivity contribution >= 4 is 5.91 Å². The molecule has 1 rings (SSSR count). The number of nitrogens with one attached hydrogen (secondary N) is 1. The zero-order valence-corrected chi connectivity index (χ0v) is 12.3. The van der Waals surface area contributed by atoms with Crippen molar-refractivity contribution in [3.63, 3.8) is 0 Å². The molecule has 0 aromatic rings. The van der Waals surface area contributed by atoms with Crippen molar-refractivity contribution in [3.05, 3.63) is 0 Å². The molecule has 2 atom stereocenters. The van der Waals surface area contributed by atoms with E-state index in [4.69, 9.17) is 5.73 Å². The topological polar surface area (TPSA) is 58.4 Å². The molecule has 0 bridgehead atoms. The van der Waals surface area contributed by atoms with Gasteiger partial charge in [-0.15, -0.1) is 0 Å². The SMILES string of the molecule is CN1CCCC(CNC(=O)CC(N)C(C)(C)C)C1. The highest BCUT2D eigenvalue weighted by atomic mass is 16.1. The number of carbonyl (C=O) groups excluding carboxylic acids is 1. The van der Waals surface area contributed by atoms with Crippen LogP contribution in [0.15, 0.2) is 0 Å². The molecule has 3 N–H and O–H groups in total. The predicted octanol–water partition coefficient (Wildman–Crippen LogP) is 1.21. The van der Waals surface area contributed by atoms with Crippen molar-refractivity contribution < 1.29 is 4.79 Å². The van der Waals surface area contributed by atoms with Gasteiger partial charge in [-0.25, -0.2) is 0 Å². The molecule has 0 radical (unpaired) electrons. The van der Waals surface area contributed by atoms with E-state index < -0.39 is 0 Å². The second kappa shape index (κ2) is 6.53. The molecule has 0 aliphatic carbocycles. The molecule has 4 nitrogen and oxygen atoms in total. The van der Waals surface area contributed by atoms with Gasteiger partial charge in [0.15, 0.2) is 0 Å². The van der Waals surface area contributed by atoms with E-state index >= 15 is 0 Å². The smallest absolute Gasteiger partial charge is 0.221 e. The van der Waals surface area contributed by atoms with E-state index in [1.54, 1.807) is 0 Å². The summed E-state index contributed by atoms with van der Waals surface area (Å²) in [4.78, 5) is 14.2. The molecule has 0 aromatic heterocycles. The van der Waals surface area contributed by atoms with Gasteiger partial charge in [0, 0.05) is 25.6 Å². The first kappa shape index (κ1) is 15.4. The van der Waals surface area contributed by atoms with E-state index in [9.17, 15) is 4.79 Å². The van der Waals surface area contributed by atoms with Crippen molar-refractivity contribution in [1.82, 2.24) is 10.2 Å². The second-order valence-electron chi connectivity index (χ2n) is 6.75. The lowest BCUT2D eigenvalue weighted by Gasteiger charge is -2.30. The van der Waals surface area contributed by atoms with Crippen LogP contribution in [0.3, 0.4) is 0 Å². The maximum absolute atomic E-state index is 11.8. The highest BCUT2D eigenvalue weighted by Crippen LogP contribution is 2.19. The minimum atomic E-state index is -0.0773. The minimum Gasteiger partial charge on any atom is -0.356 e. The zero-order valence-electron chi connectivity index (χ0n) is 12.3. The lowest BCUT2D eigenvalue weighted by atomic mass is 9.85. The van der Waals surface area contributed by atoms with Crippen molar-refractivity contribution in [2.75, 3.05) is 26.7 Å². The summed E-state index contributed by atoms with van der Waals surface area (Å²) in [5.41, 5.74) is 6.00. The highest BCUT2D eigenvalue weighted by Gasteiger charge is 2.24. The third-order valence-electron chi connectivity index (χ3n) is 3.83. The molecule has 1 aliphatic heterocycles. The summed E-state index contributed by atoms with van der Waals surface area (Å²) in [7, 11) is 2.14. The fourth-order valence-electron chi connectivity index (χ4n) is 2.28. The predicted molar refractivity (Wildman–Crippen MR) is 75.3 cm³/mol. The molecular weight excluding hydrogens is 226 g/mol. The Morgan fingerprint density at radius 3 is 2.72 bits per heavy atom. The van der Waals surface area contributed by atoms with Gasteiger partial charge in [-0.1, -0.05) is 20.8 Å². The number of carbonyl (C=O) groups is 1. The summed E-state index contributed by atoms with van der Waals surface area (Å²) in [6.45, 7) is 9.27. The molecule has 1 fully saturated rings. The summed E-state index contributed by atoms with van der Waals surface area (Å²) in [5, 5.41) is 3.03. The molecule has 1 amide bonds. The largest absolute Gasteiger partial charge is 0.356 e. The highest BCUT2D eigenvalue weighted by molar-refractivity contribution is 5.76. The van der Waals surface area contributed by atoms with Crippen LogP contribution >= 0.6 is 0 Å². The molecule has 1 aliphatic rings. The van der Waals surface area contributed by atoms with Crippen LogP contribution in [-0.4, -0.2) is 43.5 Å². The van der Waals surface area contributed by atoms with Crippen LogP contribution in [-0.2, 0) is 4.79 Å². The Hall–Kier alpha value is -0.610. The fourth-order valence-corrected chi connectivity index (χ4v) is 2.28. The van der Waals surface area contributed by atoms with Gasteiger partial charge < -0.3 is 16.0 Å². The first-order chi connectivity index (χ1) is 8.29. The van der Waals surface area contributed by atoms with E-state index in [0.717, 1.165) is 13.1 Å². The maximum atomic E-state index is 11.8. The van der Waals surface area contributed by atoms with Gasteiger partial charge in [-0.3, -0.25) is 4.79 Å². The first-order valence-corrected chi connectivity index (χ1v) is 7.00. The van der Waals surface area contributed by atoms with Crippen molar-refractivity contribution in [2.45, 2.75) is 46.1 Å². The first-order valence-electron chi connectivity index (χ1n) is 7.00. The van der Waals surface area contributed by atoms with E-state index in [1.165, 1.54) is 19.4 Å². The van der Waals surface area contributed by atoms with E-state index in [1.807, 2.05) is 0 Å². The summed E-state index contributed by atoms with van der Waals surface area (Å²) in [5.74, 6) is 0.684. The molecule has 106 valence electrons. The number of piperidine rings is 1. The number of likely N-dealkylation sites (tertiary alicyclic amines) is 1. The Labute approximate surface area is 111 Å². The molecule has 2 unspecified atom stereocenters. The summed E-state index contributed by atoms with van der Waals surface area (Å²) in [6, 6.07) is -0.0773. The van der Waals surface area contributed by atoms with Crippen LogP contribution < -0.4 is 11.1 Å². The Morgan fingerprint density at radius 1 is 1.50 bits per heavy atom.